The predicted molar refractivity (Wildman–Crippen MR) is 61.2 cm³/mol. The van der Waals surface area contributed by atoms with Gasteiger partial charge in [-0.25, -0.2) is 0 Å². The summed E-state index contributed by atoms with van der Waals surface area (Å²) in [5, 5.41) is 12.0. The summed E-state index contributed by atoms with van der Waals surface area (Å²) < 4.78 is 4.99. The monoisotopic (exact) mass is 224 g/mol. The molecule has 0 saturated heterocycles. The van der Waals surface area contributed by atoms with Crippen LogP contribution in [0.4, 0.5) is 5.69 Å². The number of hydrogen-bond donors (Lipinski definition) is 3. The van der Waals surface area contributed by atoms with Gasteiger partial charge in [0, 0.05) is 13.7 Å². The van der Waals surface area contributed by atoms with Gasteiger partial charge in [0.1, 0.15) is 5.75 Å². The fourth-order valence-electron chi connectivity index (χ4n) is 1.25. The summed E-state index contributed by atoms with van der Waals surface area (Å²) in [7, 11) is 1.50. The van der Waals surface area contributed by atoms with E-state index in [4.69, 9.17) is 10.5 Å². The molecule has 1 amide bonds. The quantitative estimate of drug-likeness (QED) is 0.642. The standard InChI is InChI=1S/C11H16N2O3/c1-16-8(7-12)6-11(15)13-9-4-2-3-5-10(9)14/h2-5,8,14H,6-7,12H2,1H3,(H,13,15). The molecule has 0 aliphatic rings. The summed E-state index contributed by atoms with van der Waals surface area (Å²) in [4.78, 5) is 11.5. The van der Waals surface area contributed by atoms with E-state index in [1.807, 2.05) is 0 Å². The van der Waals surface area contributed by atoms with Gasteiger partial charge in [0.05, 0.1) is 18.2 Å². The van der Waals surface area contributed by atoms with E-state index in [1.165, 1.54) is 13.2 Å². The Labute approximate surface area is 94.2 Å². The van der Waals surface area contributed by atoms with Gasteiger partial charge in [-0.05, 0) is 12.1 Å². The van der Waals surface area contributed by atoms with Crippen molar-refractivity contribution in [3.63, 3.8) is 0 Å². The molecule has 1 atom stereocenters. The number of nitrogens with one attached hydrogen (secondary N) is 1. The van der Waals surface area contributed by atoms with Crippen LogP contribution in [0.25, 0.3) is 0 Å². The normalized spacial score (nSPS) is 12.1. The third-order valence-electron chi connectivity index (χ3n) is 2.19. The molecule has 0 saturated carbocycles. The van der Waals surface area contributed by atoms with E-state index in [0.717, 1.165) is 0 Å². The minimum Gasteiger partial charge on any atom is -0.506 e. The number of benzene rings is 1. The minimum absolute atomic E-state index is 0.0394. The highest BCUT2D eigenvalue weighted by atomic mass is 16.5. The molecular formula is C11H16N2O3. The first kappa shape index (κ1) is 12.5. The number of anilines is 1. The first-order valence-electron chi connectivity index (χ1n) is 4.98. The summed E-state index contributed by atoms with van der Waals surface area (Å²) >= 11 is 0. The number of carbonyl (C=O) groups excluding carboxylic acids is 1. The molecule has 0 aliphatic carbocycles. The molecule has 1 aromatic rings. The minimum atomic E-state index is -0.300. The van der Waals surface area contributed by atoms with Gasteiger partial charge in [-0.15, -0.1) is 0 Å². The lowest BCUT2D eigenvalue weighted by molar-refractivity contribution is -0.118. The number of para-hydroxylation sites is 2. The van der Waals surface area contributed by atoms with Crippen molar-refractivity contribution in [2.45, 2.75) is 12.5 Å². The van der Waals surface area contributed by atoms with Crippen LogP contribution in [0.3, 0.4) is 0 Å². The van der Waals surface area contributed by atoms with Crippen molar-refractivity contribution in [1.29, 1.82) is 0 Å². The van der Waals surface area contributed by atoms with Gasteiger partial charge < -0.3 is 20.9 Å². The lowest BCUT2D eigenvalue weighted by Crippen LogP contribution is -2.28. The number of phenolic OH excluding ortho intramolecular Hbond substituents is 1. The molecule has 0 radical (unpaired) electrons. The number of carbonyl (C=O) groups is 1. The Morgan fingerprint density at radius 1 is 1.56 bits per heavy atom. The first-order valence-corrected chi connectivity index (χ1v) is 4.98. The summed E-state index contributed by atoms with van der Waals surface area (Å²) in [6.07, 6.45) is -0.132. The number of amides is 1. The van der Waals surface area contributed by atoms with Crippen molar-refractivity contribution in [1.82, 2.24) is 0 Å². The van der Waals surface area contributed by atoms with Crippen LogP contribution in [0.15, 0.2) is 24.3 Å². The van der Waals surface area contributed by atoms with Crippen LogP contribution in [-0.2, 0) is 9.53 Å². The number of ether oxygens (including phenoxy) is 1. The Morgan fingerprint density at radius 3 is 2.81 bits per heavy atom. The zero-order valence-corrected chi connectivity index (χ0v) is 9.14. The Hall–Kier alpha value is -1.59. The number of nitrogens with two attached hydrogens (primary N) is 1. The number of aromatic hydroxyl groups is 1. The Morgan fingerprint density at radius 2 is 2.25 bits per heavy atom. The number of methoxy groups -OCH3 is 1. The van der Waals surface area contributed by atoms with Gasteiger partial charge in [-0.1, -0.05) is 12.1 Å². The highest BCUT2D eigenvalue weighted by Crippen LogP contribution is 2.21. The SMILES string of the molecule is COC(CN)CC(=O)Nc1ccccc1O. The lowest BCUT2D eigenvalue weighted by atomic mass is 10.2. The molecule has 4 N–H and O–H groups in total. The summed E-state index contributed by atoms with van der Waals surface area (Å²) in [5.74, 6) is -0.198. The average molecular weight is 224 g/mol. The zero-order chi connectivity index (χ0) is 12.0. The zero-order valence-electron chi connectivity index (χ0n) is 9.14. The van der Waals surface area contributed by atoms with Crippen molar-refractivity contribution in [2.75, 3.05) is 19.0 Å². The molecule has 1 rings (SSSR count). The van der Waals surface area contributed by atoms with Crippen LogP contribution >= 0.6 is 0 Å². The molecule has 0 bridgehead atoms. The summed E-state index contributed by atoms with van der Waals surface area (Å²) in [6, 6.07) is 6.54. The fourth-order valence-corrected chi connectivity index (χ4v) is 1.25. The Bertz CT molecular complexity index is 351. The molecule has 0 fully saturated rings. The van der Waals surface area contributed by atoms with Crippen molar-refractivity contribution >= 4 is 11.6 Å². The van der Waals surface area contributed by atoms with Gasteiger partial charge in [0.2, 0.25) is 5.91 Å². The maximum Gasteiger partial charge on any atom is 0.227 e. The second-order valence-corrected chi connectivity index (χ2v) is 3.36. The molecule has 0 aliphatic heterocycles. The third kappa shape index (κ3) is 3.52. The third-order valence-corrected chi connectivity index (χ3v) is 2.19. The fraction of sp³-hybridized carbons (Fsp3) is 0.364. The van der Waals surface area contributed by atoms with Gasteiger partial charge in [0.15, 0.2) is 0 Å². The molecule has 1 aromatic carbocycles. The van der Waals surface area contributed by atoms with Crippen LogP contribution in [0.5, 0.6) is 5.75 Å². The number of phenols is 1. The lowest BCUT2D eigenvalue weighted by Gasteiger charge is -2.13. The molecule has 5 nitrogen and oxygen atoms in total. The molecule has 0 aromatic heterocycles. The van der Waals surface area contributed by atoms with Crippen LogP contribution in [0, 0.1) is 0 Å². The van der Waals surface area contributed by atoms with E-state index >= 15 is 0 Å². The van der Waals surface area contributed by atoms with E-state index in [-0.39, 0.29) is 30.7 Å². The predicted octanol–water partition coefficient (Wildman–Crippen LogP) is 0.694. The Balaban J connectivity index is 2.55. The molecule has 5 heteroatoms. The van der Waals surface area contributed by atoms with E-state index < -0.39 is 0 Å². The maximum absolute atomic E-state index is 11.5. The number of rotatable bonds is 5. The highest BCUT2D eigenvalue weighted by Gasteiger charge is 2.12. The maximum atomic E-state index is 11.5. The van der Waals surface area contributed by atoms with Gasteiger partial charge in [-0.3, -0.25) is 4.79 Å². The van der Waals surface area contributed by atoms with Crippen LogP contribution in [0.1, 0.15) is 6.42 Å². The van der Waals surface area contributed by atoms with Crippen LogP contribution < -0.4 is 11.1 Å². The van der Waals surface area contributed by atoms with Crippen molar-refractivity contribution in [3.8, 4) is 5.75 Å². The first-order chi connectivity index (χ1) is 7.67. The van der Waals surface area contributed by atoms with Crippen molar-refractivity contribution < 1.29 is 14.6 Å². The second kappa shape index (κ2) is 6.09. The highest BCUT2D eigenvalue weighted by molar-refractivity contribution is 5.92. The second-order valence-electron chi connectivity index (χ2n) is 3.36. The van der Waals surface area contributed by atoms with Crippen molar-refractivity contribution in [3.05, 3.63) is 24.3 Å². The molecule has 88 valence electrons. The molecule has 1 unspecified atom stereocenters. The van der Waals surface area contributed by atoms with Crippen molar-refractivity contribution in [2.24, 2.45) is 5.73 Å². The number of hydrogen-bond acceptors (Lipinski definition) is 4. The molecule has 0 heterocycles. The van der Waals surface area contributed by atoms with E-state index in [1.54, 1.807) is 18.2 Å². The summed E-state index contributed by atoms with van der Waals surface area (Å²) in [6.45, 7) is 0.282. The molecule has 0 spiro atoms. The largest absolute Gasteiger partial charge is 0.506 e. The van der Waals surface area contributed by atoms with Crippen LogP contribution in [-0.4, -0.2) is 30.8 Å². The van der Waals surface area contributed by atoms with Gasteiger partial charge in [-0.2, -0.15) is 0 Å². The topological polar surface area (TPSA) is 84.6 Å². The van der Waals surface area contributed by atoms with E-state index in [0.29, 0.717) is 5.69 Å². The molecule has 16 heavy (non-hydrogen) atoms. The van der Waals surface area contributed by atoms with Gasteiger partial charge >= 0.3 is 0 Å². The summed E-state index contributed by atoms with van der Waals surface area (Å²) in [5.41, 5.74) is 5.79. The van der Waals surface area contributed by atoms with E-state index in [2.05, 4.69) is 5.32 Å². The van der Waals surface area contributed by atoms with Gasteiger partial charge in [0.25, 0.3) is 0 Å². The molecular weight excluding hydrogens is 208 g/mol. The smallest absolute Gasteiger partial charge is 0.227 e. The van der Waals surface area contributed by atoms with E-state index in [9.17, 15) is 9.90 Å². The van der Waals surface area contributed by atoms with Crippen LogP contribution in [0.2, 0.25) is 0 Å². The average Bonchev–Trinajstić information content (AvgIpc) is 2.29. The Kier molecular flexibility index (Phi) is 4.75.